The maximum absolute atomic E-state index is 13.6. The summed E-state index contributed by atoms with van der Waals surface area (Å²) < 4.78 is 13.6. The summed E-state index contributed by atoms with van der Waals surface area (Å²) >= 11 is 0. The van der Waals surface area contributed by atoms with E-state index in [0.717, 1.165) is 34.3 Å². The van der Waals surface area contributed by atoms with Gasteiger partial charge in [0.15, 0.2) is 0 Å². The van der Waals surface area contributed by atoms with Gasteiger partial charge in [0.05, 0.1) is 5.69 Å². The van der Waals surface area contributed by atoms with E-state index in [0.29, 0.717) is 13.1 Å². The van der Waals surface area contributed by atoms with Gasteiger partial charge in [-0.2, -0.15) is 0 Å². The monoisotopic (exact) mass is 377 g/mol. The lowest BCUT2D eigenvalue weighted by Crippen LogP contribution is -2.38. The number of nitrogens with one attached hydrogen (secondary N) is 2. The molecule has 0 fully saturated rings. The van der Waals surface area contributed by atoms with E-state index in [1.807, 2.05) is 48.5 Å². The average molecular weight is 377 g/mol. The van der Waals surface area contributed by atoms with Crippen LogP contribution in [0, 0.1) is 5.82 Å². The fourth-order valence-corrected chi connectivity index (χ4v) is 3.98. The van der Waals surface area contributed by atoms with Crippen LogP contribution >= 0.6 is 0 Å². The number of amides is 2. The third-order valence-electron chi connectivity index (χ3n) is 5.32. The van der Waals surface area contributed by atoms with E-state index in [1.165, 1.54) is 6.07 Å². The molecular formula is C23H24FN3O. The van der Waals surface area contributed by atoms with Crippen LogP contribution < -0.4 is 15.5 Å². The second-order valence-corrected chi connectivity index (χ2v) is 7.87. The van der Waals surface area contributed by atoms with Crippen LogP contribution in [0.5, 0.6) is 0 Å². The summed E-state index contributed by atoms with van der Waals surface area (Å²) in [4.78, 5) is 14.6. The number of fused-ring (bicyclic) bond motifs is 2. The first-order valence-corrected chi connectivity index (χ1v) is 9.52. The Kier molecular flexibility index (Phi) is 4.67. The fraction of sp³-hybridized carbons (Fsp3) is 0.261. The number of urea groups is 1. The van der Waals surface area contributed by atoms with Gasteiger partial charge >= 0.3 is 6.03 Å². The molecule has 2 N–H and O–H groups in total. The van der Waals surface area contributed by atoms with E-state index >= 15 is 0 Å². The molecule has 5 heteroatoms. The third-order valence-corrected chi connectivity index (χ3v) is 5.32. The molecule has 0 atom stereocenters. The number of anilines is 2. The zero-order valence-corrected chi connectivity index (χ0v) is 16.1. The summed E-state index contributed by atoms with van der Waals surface area (Å²) in [5.74, 6) is -0.207. The molecule has 28 heavy (non-hydrogen) atoms. The molecule has 0 saturated heterocycles. The molecule has 1 aliphatic rings. The molecule has 144 valence electrons. The number of rotatable bonds is 4. The summed E-state index contributed by atoms with van der Waals surface area (Å²) in [6.07, 6.45) is 0. The molecule has 3 aromatic carbocycles. The second kappa shape index (κ2) is 7.15. The molecular weight excluding hydrogens is 353 g/mol. The van der Waals surface area contributed by atoms with Crippen molar-refractivity contribution in [1.82, 2.24) is 5.32 Å². The standard InChI is InChI=1S/C23H24FN3O/c1-23(2)15-27(21-11-10-17(24)14-19(21)23)13-12-25-22(28)26-20-9-5-7-16-6-3-4-8-18(16)20/h3-11,14H,12-13,15H2,1-2H3,(H2,25,26,28). The van der Waals surface area contributed by atoms with Crippen molar-refractivity contribution < 1.29 is 9.18 Å². The molecule has 1 heterocycles. The van der Waals surface area contributed by atoms with Crippen molar-refractivity contribution in [3.8, 4) is 0 Å². The van der Waals surface area contributed by atoms with Crippen molar-refractivity contribution in [2.24, 2.45) is 0 Å². The van der Waals surface area contributed by atoms with Crippen LogP contribution in [0.15, 0.2) is 60.7 Å². The van der Waals surface area contributed by atoms with Crippen LogP contribution in [-0.2, 0) is 5.41 Å². The number of benzene rings is 3. The van der Waals surface area contributed by atoms with E-state index in [4.69, 9.17) is 0 Å². The van der Waals surface area contributed by atoms with Gasteiger partial charge in [0.25, 0.3) is 0 Å². The molecule has 2 amide bonds. The van der Waals surface area contributed by atoms with Crippen LogP contribution in [0.3, 0.4) is 0 Å². The first-order chi connectivity index (χ1) is 13.4. The minimum absolute atomic E-state index is 0.108. The minimum Gasteiger partial charge on any atom is -0.369 e. The van der Waals surface area contributed by atoms with E-state index < -0.39 is 0 Å². The number of nitrogens with zero attached hydrogens (tertiary/aromatic N) is 1. The zero-order chi connectivity index (χ0) is 19.7. The molecule has 3 aromatic rings. The normalized spacial score (nSPS) is 14.8. The molecule has 0 radical (unpaired) electrons. The quantitative estimate of drug-likeness (QED) is 0.679. The van der Waals surface area contributed by atoms with E-state index in [1.54, 1.807) is 6.07 Å². The Bertz CT molecular complexity index is 1030. The van der Waals surface area contributed by atoms with Crippen LogP contribution in [0.4, 0.5) is 20.6 Å². The van der Waals surface area contributed by atoms with Crippen LogP contribution in [0.1, 0.15) is 19.4 Å². The second-order valence-electron chi connectivity index (χ2n) is 7.87. The van der Waals surface area contributed by atoms with Gasteiger partial charge in [-0.15, -0.1) is 0 Å². The molecule has 0 saturated carbocycles. The number of hydrogen-bond donors (Lipinski definition) is 2. The molecule has 0 unspecified atom stereocenters. The molecule has 0 aromatic heterocycles. The first-order valence-electron chi connectivity index (χ1n) is 9.52. The first kappa shape index (κ1) is 18.3. The van der Waals surface area contributed by atoms with Crippen molar-refractivity contribution in [2.75, 3.05) is 29.9 Å². The Labute approximate surface area is 164 Å². The molecule has 0 aliphatic carbocycles. The summed E-state index contributed by atoms with van der Waals surface area (Å²) in [6.45, 7) is 6.21. The highest BCUT2D eigenvalue weighted by atomic mass is 19.1. The topological polar surface area (TPSA) is 44.4 Å². The lowest BCUT2D eigenvalue weighted by molar-refractivity contribution is 0.252. The van der Waals surface area contributed by atoms with Gasteiger partial charge in [-0.25, -0.2) is 9.18 Å². The van der Waals surface area contributed by atoms with Gasteiger partial charge in [0.2, 0.25) is 0 Å². The predicted molar refractivity (Wildman–Crippen MR) is 113 cm³/mol. The van der Waals surface area contributed by atoms with Crippen molar-refractivity contribution in [3.05, 3.63) is 72.0 Å². The highest BCUT2D eigenvalue weighted by molar-refractivity contribution is 6.01. The lowest BCUT2D eigenvalue weighted by atomic mass is 9.87. The largest absolute Gasteiger partial charge is 0.369 e. The van der Waals surface area contributed by atoms with E-state index in [2.05, 4.69) is 29.4 Å². The molecule has 1 aliphatic heterocycles. The Morgan fingerprint density at radius 3 is 2.75 bits per heavy atom. The highest BCUT2D eigenvalue weighted by Gasteiger charge is 2.34. The maximum atomic E-state index is 13.6. The van der Waals surface area contributed by atoms with E-state index in [9.17, 15) is 9.18 Å². The fourth-order valence-electron chi connectivity index (χ4n) is 3.98. The van der Waals surface area contributed by atoms with Gasteiger partial charge in [-0.1, -0.05) is 50.2 Å². The summed E-state index contributed by atoms with van der Waals surface area (Å²) in [5, 5.41) is 7.96. The van der Waals surface area contributed by atoms with Gasteiger partial charge < -0.3 is 15.5 Å². The summed E-state index contributed by atoms with van der Waals surface area (Å²) in [7, 11) is 0. The molecule has 0 spiro atoms. The van der Waals surface area contributed by atoms with E-state index in [-0.39, 0.29) is 17.3 Å². The molecule has 0 bridgehead atoms. The third kappa shape index (κ3) is 3.52. The van der Waals surface area contributed by atoms with Crippen molar-refractivity contribution in [1.29, 1.82) is 0 Å². The Morgan fingerprint density at radius 1 is 1.11 bits per heavy atom. The number of carbonyl (C=O) groups excluding carboxylic acids is 1. The Balaban J connectivity index is 1.38. The molecule has 4 rings (SSSR count). The van der Waals surface area contributed by atoms with Crippen molar-refractivity contribution in [2.45, 2.75) is 19.3 Å². The highest BCUT2D eigenvalue weighted by Crippen LogP contribution is 2.40. The van der Waals surface area contributed by atoms with Gasteiger partial charge in [0.1, 0.15) is 5.82 Å². The smallest absolute Gasteiger partial charge is 0.319 e. The predicted octanol–water partition coefficient (Wildman–Crippen LogP) is 4.90. The minimum atomic E-state index is -0.228. The zero-order valence-electron chi connectivity index (χ0n) is 16.1. The van der Waals surface area contributed by atoms with Crippen LogP contribution in [0.2, 0.25) is 0 Å². The number of hydrogen-bond acceptors (Lipinski definition) is 2. The summed E-state index contributed by atoms with van der Waals surface area (Å²) in [5.41, 5.74) is 2.75. The summed E-state index contributed by atoms with van der Waals surface area (Å²) in [6, 6.07) is 18.5. The SMILES string of the molecule is CC1(C)CN(CCNC(=O)Nc2cccc3ccccc23)c2ccc(F)cc21. The lowest BCUT2D eigenvalue weighted by Gasteiger charge is -2.22. The van der Waals surface area contributed by atoms with Gasteiger partial charge in [-0.05, 0) is 35.2 Å². The Morgan fingerprint density at radius 2 is 1.89 bits per heavy atom. The van der Waals surface area contributed by atoms with Gasteiger partial charge in [0, 0.05) is 36.1 Å². The number of carbonyl (C=O) groups is 1. The number of halogens is 1. The van der Waals surface area contributed by atoms with Crippen LogP contribution in [0.25, 0.3) is 10.8 Å². The van der Waals surface area contributed by atoms with Crippen molar-refractivity contribution >= 4 is 28.2 Å². The van der Waals surface area contributed by atoms with Crippen molar-refractivity contribution in [3.63, 3.8) is 0 Å². The maximum Gasteiger partial charge on any atom is 0.319 e. The van der Waals surface area contributed by atoms with Crippen LogP contribution in [-0.4, -0.2) is 25.7 Å². The Hall–Kier alpha value is -3.08. The van der Waals surface area contributed by atoms with Gasteiger partial charge in [-0.3, -0.25) is 0 Å². The average Bonchev–Trinajstić information content (AvgIpc) is 2.92. The molecule has 4 nitrogen and oxygen atoms in total.